The molecule has 0 N–H and O–H groups in total. The van der Waals surface area contributed by atoms with Crippen LogP contribution in [0.2, 0.25) is 0 Å². The van der Waals surface area contributed by atoms with E-state index in [2.05, 4.69) is 4.98 Å². The highest BCUT2D eigenvalue weighted by Crippen LogP contribution is 2.34. The molecule has 1 aliphatic heterocycles. The summed E-state index contributed by atoms with van der Waals surface area (Å²) in [6.07, 6.45) is -3.32. The highest BCUT2D eigenvalue weighted by atomic mass is 32.2. The van der Waals surface area contributed by atoms with Crippen molar-refractivity contribution in [2.24, 2.45) is 0 Å². The smallest absolute Gasteiger partial charge is 0.334 e. The van der Waals surface area contributed by atoms with Gasteiger partial charge in [-0.2, -0.15) is 13.2 Å². The monoisotopic (exact) mass is 446 g/mol. The van der Waals surface area contributed by atoms with Crippen molar-refractivity contribution in [1.82, 2.24) is 9.88 Å². The van der Waals surface area contributed by atoms with E-state index in [1.807, 2.05) is 6.92 Å². The fourth-order valence-electron chi connectivity index (χ4n) is 3.36. The molecule has 29 heavy (non-hydrogen) atoms. The second-order valence-electron chi connectivity index (χ2n) is 7.06. The fourth-order valence-corrected chi connectivity index (χ4v) is 6.12. The highest BCUT2D eigenvalue weighted by molar-refractivity contribution is 7.91. The van der Waals surface area contributed by atoms with Crippen molar-refractivity contribution in [2.45, 2.75) is 38.9 Å². The molecule has 1 aromatic heterocycles. The summed E-state index contributed by atoms with van der Waals surface area (Å²) in [4.78, 5) is 19.5. The van der Waals surface area contributed by atoms with E-state index in [9.17, 15) is 26.4 Å². The summed E-state index contributed by atoms with van der Waals surface area (Å²) in [5.74, 6) is -0.242. The zero-order valence-electron chi connectivity index (χ0n) is 16.0. The Hall–Kier alpha value is -1.94. The topological polar surface area (TPSA) is 67.3 Å². The SMILES string of the molecule is CCCN(C(=O)c1sc(-c2ccc(C(F)(F)F)cc2)nc1C)C1CCS(=O)(=O)C1. The van der Waals surface area contributed by atoms with Crippen LogP contribution in [-0.4, -0.2) is 48.3 Å². The number of halogens is 3. The van der Waals surface area contributed by atoms with Gasteiger partial charge in [0.2, 0.25) is 0 Å². The number of hydrogen-bond acceptors (Lipinski definition) is 5. The molecule has 0 saturated carbocycles. The maximum atomic E-state index is 13.1. The van der Waals surface area contributed by atoms with E-state index in [4.69, 9.17) is 0 Å². The number of alkyl halides is 3. The molecule has 5 nitrogen and oxygen atoms in total. The first kappa shape index (κ1) is 21.8. The van der Waals surface area contributed by atoms with Crippen molar-refractivity contribution in [3.8, 4) is 10.6 Å². The minimum absolute atomic E-state index is 0.0393. The second-order valence-corrected chi connectivity index (χ2v) is 10.3. The summed E-state index contributed by atoms with van der Waals surface area (Å²) in [6.45, 7) is 4.02. The molecule has 1 unspecified atom stereocenters. The van der Waals surface area contributed by atoms with Gasteiger partial charge < -0.3 is 4.90 Å². The zero-order valence-corrected chi connectivity index (χ0v) is 17.6. The molecule has 10 heteroatoms. The molecule has 0 spiro atoms. The molecular weight excluding hydrogens is 425 g/mol. The largest absolute Gasteiger partial charge is 0.416 e. The van der Waals surface area contributed by atoms with Crippen LogP contribution in [0.4, 0.5) is 13.2 Å². The molecule has 0 bridgehead atoms. The van der Waals surface area contributed by atoms with Crippen LogP contribution in [0, 0.1) is 6.92 Å². The highest BCUT2D eigenvalue weighted by Gasteiger charge is 2.36. The van der Waals surface area contributed by atoms with Crippen molar-refractivity contribution in [3.05, 3.63) is 40.4 Å². The molecule has 1 atom stereocenters. The first-order valence-electron chi connectivity index (χ1n) is 9.18. The molecule has 1 saturated heterocycles. The van der Waals surface area contributed by atoms with E-state index >= 15 is 0 Å². The third kappa shape index (κ3) is 4.80. The van der Waals surface area contributed by atoms with Crippen molar-refractivity contribution in [3.63, 3.8) is 0 Å². The van der Waals surface area contributed by atoms with Crippen LogP contribution in [0.15, 0.2) is 24.3 Å². The lowest BCUT2D eigenvalue weighted by atomic mass is 10.1. The van der Waals surface area contributed by atoms with Gasteiger partial charge in [-0.25, -0.2) is 13.4 Å². The molecule has 1 aromatic carbocycles. The Morgan fingerprint density at radius 1 is 1.28 bits per heavy atom. The Morgan fingerprint density at radius 3 is 2.45 bits per heavy atom. The molecule has 2 aromatic rings. The fraction of sp³-hybridized carbons (Fsp3) is 0.474. The van der Waals surface area contributed by atoms with Crippen molar-refractivity contribution < 1.29 is 26.4 Å². The molecule has 3 rings (SSSR count). The number of thiazole rings is 1. The second kappa shape index (κ2) is 8.06. The molecule has 0 radical (unpaired) electrons. The zero-order chi connectivity index (χ0) is 21.4. The van der Waals surface area contributed by atoms with Crippen molar-refractivity contribution in [2.75, 3.05) is 18.1 Å². The number of aromatic nitrogens is 1. The molecule has 1 fully saturated rings. The number of carbonyl (C=O) groups is 1. The van der Waals surface area contributed by atoms with Gasteiger partial charge in [0.05, 0.1) is 22.8 Å². The van der Waals surface area contributed by atoms with Crippen LogP contribution < -0.4 is 0 Å². The lowest BCUT2D eigenvalue weighted by Crippen LogP contribution is -2.41. The van der Waals surface area contributed by atoms with Gasteiger partial charge in [-0.15, -0.1) is 11.3 Å². The molecule has 158 valence electrons. The lowest BCUT2D eigenvalue weighted by molar-refractivity contribution is -0.137. The van der Waals surface area contributed by atoms with E-state index in [1.54, 1.807) is 11.8 Å². The van der Waals surface area contributed by atoms with Crippen LogP contribution in [0.1, 0.15) is 40.7 Å². The quantitative estimate of drug-likeness (QED) is 0.691. The van der Waals surface area contributed by atoms with E-state index < -0.39 is 21.6 Å². The van der Waals surface area contributed by atoms with Crippen LogP contribution in [-0.2, 0) is 16.0 Å². The van der Waals surface area contributed by atoms with Crippen LogP contribution in [0.3, 0.4) is 0 Å². The third-order valence-electron chi connectivity index (χ3n) is 4.82. The molecule has 1 amide bonds. The number of nitrogens with zero attached hydrogens (tertiary/aromatic N) is 2. The van der Waals surface area contributed by atoms with Gasteiger partial charge in [0, 0.05) is 18.2 Å². The number of rotatable bonds is 5. The predicted octanol–water partition coefficient (Wildman–Crippen LogP) is 4.18. The van der Waals surface area contributed by atoms with Gasteiger partial charge >= 0.3 is 6.18 Å². The standard InChI is InChI=1S/C19H21F3N2O3S2/c1-3-9-24(15-8-10-29(26,27)11-15)18(25)16-12(2)23-17(28-16)13-4-6-14(7-5-13)19(20,21)22/h4-7,15H,3,8-11H2,1-2H3. The summed E-state index contributed by atoms with van der Waals surface area (Å²) in [5, 5.41) is 0.454. The van der Waals surface area contributed by atoms with Gasteiger partial charge in [-0.3, -0.25) is 4.79 Å². The Labute approximate surface area is 171 Å². The molecule has 2 heterocycles. The van der Waals surface area contributed by atoms with Crippen molar-refractivity contribution in [1.29, 1.82) is 0 Å². The van der Waals surface area contributed by atoms with Gasteiger partial charge in [0.1, 0.15) is 9.88 Å². The Bertz CT molecular complexity index is 999. The lowest BCUT2D eigenvalue weighted by Gasteiger charge is -2.27. The number of amides is 1. The Balaban J connectivity index is 1.87. The Morgan fingerprint density at radius 2 is 1.93 bits per heavy atom. The Kier molecular flexibility index (Phi) is 6.05. The van der Waals surface area contributed by atoms with E-state index in [0.717, 1.165) is 23.5 Å². The summed E-state index contributed by atoms with van der Waals surface area (Å²) in [7, 11) is -3.14. The van der Waals surface area contributed by atoms with Crippen molar-refractivity contribution >= 4 is 27.1 Å². The molecule has 1 aliphatic rings. The summed E-state index contributed by atoms with van der Waals surface area (Å²) in [5.41, 5.74) is 0.231. The average molecular weight is 447 g/mol. The number of hydrogen-bond donors (Lipinski definition) is 0. The van der Waals surface area contributed by atoms with Crippen LogP contribution in [0.5, 0.6) is 0 Å². The number of carbonyl (C=O) groups excluding carboxylic acids is 1. The maximum absolute atomic E-state index is 13.1. The minimum Gasteiger partial charge on any atom is -0.334 e. The number of sulfone groups is 1. The van der Waals surface area contributed by atoms with Gasteiger partial charge in [-0.1, -0.05) is 19.1 Å². The van der Waals surface area contributed by atoms with Gasteiger partial charge in [0.25, 0.3) is 5.91 Å². The predicted molar refractivity (Wildman–Crippen MR) is 106 cm³/mol. The minimum atomic E-state index is -4.42. The first-order chi connectivity index (χ1) is 13.5. The van der Waals surface area contributed by atoms with E-state index in [1.165, 1.54) is 12.1 Å². The van der Waals surface area contributed by atoms with E-state index in [0.29, 0.717) is 40.5 Å². The number of benzene rings is 1. The summed E-state index contributed by atoms with van der Waals surface area (Å²) < 4.78 is 61.9. The van der Waals surface area contributed by atoms with Gasteiger partial charge in [0.15, 0.2) is 9.84 Å². The summed E-state index contributed by atoms with van der Waals surface area (Å²) in [6, 6.07) is 4.29. The average Bonchev–Trinajstić information content (AvgIpc) is 3.20. The summed E-state index contributed by atoms with van der Waals surface area (Å²) >= 11 is 1.11. The van der Waals surface area contributed by atoms with Gasteiger partial charge in [-0.05, 0) is 31.9 Å². The molecular formula is C19H21F3N2O3S2. The number of aryl methyl sites for hydroxylation is 1. The van der Waals surface area contributed by atoms with E-state index in [-0.39, 0.29) is 23.5 Å². The van der Waals surface area contributed by atoms with Crippen LogP contribution in [0.25, 0.3) is 10.6 Å². The normalized spacial score (nSPS) is 18.7. The maximum Gasteiger partial charge on any atom is 0.416 e. The van der Waals surface area contributed by atoms with Crippen LogP contribution >= 0.6 is 11.3 Å². The molecule has 0 aliphatic carbocycles. The first-order valence-corrected chi connectivity index (χ1v) is 11.8. The third-order valence-corrected chi connectivity index (χ3v) is 7.77.